The molecule has 2 N–H and O–H groups in total. The van der Waals surface area contributed by atoms with Crippen molar-refractivity contribution in [2.75, 3.05) is 25.9 Å². The van der Waals surface area contributed by atoms with E-state index in [-0.39, 0.29) is 17.8 Å². The number of carbonyl (C=O) groups is 1. The van der Waals surface area contributed by atoms with Crippen molar-refractivity contribution in [3.05, 3.63) is 35.6 Å². The van der Waals surface area contributed by atoms with Gasteiger partial charge in [0.1, 0.15) is 5.82 Å². The van der Waals surface area contributed by atoms with Crippen LogP contribution in [-0.4, -0.2) is 51.2 Å². The molecular formula is C14H20FN3O3S. The van der Waals surface area contributed by atoms with Crippen LogP contribution in [0.25, 0.3) is 0 Å². The Morgan fingerprint density at radius 2 is 2.23 bits per heavy atom. The zero-order valence-electron chi connectivity index (χ0n) is 12.5. The lowest BCUT2D eigenvalue weighted by molar-refractivity contribution is -0.136. The highest BCUT2D eigenvalue weighted by Crippen LogP contribution is 2.23. The summed E-state index contributed by atoms with van der Waals surface area (Å²) in [5, 5.41) is 3.17. The normalized spacial score (nSPS) is 20.7. The van der Waals surface area contributed by atoms with Gasteiger partial charge in [0.25, 0.3) is 0 Å². The molecule has 2 unspecified atom stereocenters. The van der Waals surface area contributed by atoms with Gasteiger partial charge in [0, 0.05) is 19.6 Å². The van der Waals surface area contributed by atoms with E-state index in [9.17, 15) is 17.6 Å². The molecule has 8 heteroatoms. The van der Waals surface area contributed by atoms with Gasteiger partial charge >= 0.3 is 0 Å². The molecule has 0 aliphatic carbocycles. The Labute approximate surface area is 129 Å². The molecule has 1 heterocycles. The van der Waals surface area contributed by atoms with Crippen LogP contribution in [0.4, 0.5) is 4.39 Å². The minimum absolute atomic E-state index is 0.318. The molecular weight excluding hydrogens is 309 g/mol. The summed E-state index contributed by atoms with van der Waals surface area (Å²) in [4.78, 5) is 14.1. The first-order chi connectivity index (χ1) is 10.3. The second-order valence-corrected chi connectivity index (χ2v) is 7.20. The van der Waals surface area contributed by atoms with Crippen molar-refractivity contribution in [1.82, 2.24) is 14.9 Å². The third kappa shape index (κ3) is 4.25. The number of carbonyl (C=O) groups excluding carboxylic acids is 1. The number of hydrogen-bond donors (Lipinski definition) is 2. The van der Waals surface area contributed by atoms with Crippen LogP contribution in [0.3, 0.4) is 0 Å². The molecule has 2 rings (SSSR count). The third-order valence-corrected chi connectivity index (χ3v) is 4.30. The van der Waals surface area contributed by atoms with Gasteiger partial charge in [-0.05, 0) is 24.6 Å². The summed E-state index contributed by atoms with van der Waals surface area (Å²) in [5.74, 6) is -0.682. The Kier molecular flexibility index (Phi) is 5.15. The monoisotopic (exact) mass is 329 g/mol. The molecule has 1 aliphatic heterocycles. The third-order valence-electron chi connectivity index (χ3n) is 3.52. The Bertz CT molecular complexity index is 650. The molecule has 0 radical (unpaired) electrons. The molecule has 0 spiro atoms. The number of hydrogen-bond acceptors (Lipinski definition) is 4. The van der Waals surface area contributed by atoms with Crippen LogP contribution in [0.5, 0.6) is 0 Å². The quantitative estimate of drug-likeness (QED) is 0.829. The summed E-state index contributed by atoms with van der Waals surface area (Å²) >= 11 is 0. The SMILES string of the molecule is CC(NS(C)(=O)=O)C(=O)N1CCNCC1c1cccc(F)c1. The minimum atomic E-state index is -3.47. The first kappa shape index (κ1) is 16.9. The Balaban J connectivity index is 2.21. The predicted octanol–water partition coefficient (Wildman–Crippen LogP) is 0.236. The van der Waals surface area contributed by atoms with Gasteiger partial charge in [-0.1, -0.05) is 12.1 Å². The van der Waals surface area contributed by atoms with Gasteiger partial charge in [0.05, 0.1) is 18.3 Å². The van der Waals surface area contributed by atoms with Crippen molar-refractivity contribution in [3.8, 4) is 0 Å². The van der Waals surface area contributed by atoms with E-state index in [1.807, 2.05) is 0 Å². The van der Waals surface area contributed by atoms with Gasteiger partial charge in [-0.3, -0.25) is 4.79 Å². The maximum Gasteiger partial charge on any atom is 0.241 e. The highest BCUT2D eigenvalue weighted by atomic mass is 32.2. The van der Waals surface area contributed by atoms with Crippen LogP contribution in [0.2, 0.25) is 0 Å². The summed E-state index contributed by atoms with van der Waals surface area (Å²) < 4.78 is 38.3. The lowest BCUT2D eigenvalue weighted by atomic mass is 10.0. The number of nitrogens with zero attached hydrogens (tertiary/aromatic N) is 1. The minimum Gasteiger partial charge on any atom is -0.332 e. The molecule has 1 aromatic rings. The highest BCUT2D eigenvalue weighted by Gasteiger charge is 2.31. The molecule has 0 bridgehead atoms. The topological polar surface area (TPSA) is 78.5 Å². The van der Waals surface area contributed by atoms with Crippen molar-refractivity contribution >= 4 is 15.9 Å². The van der Waals surface area contributed by atoms with E-state index < -0.39 is 16.1 Å². The molecule has 1 aromatic carbocycles. The van der Waals surface area contributed by atoms with E-state index in [0.717, 1.165) is 6.26 Å². The number of amides is 1. The zero-order valence-corrected chi connectivity index (χ0v) is 13.4. The van der Waals surface area contributed by atoms with Gasteiger partial charge in [-0.2, -0.15) is 0 Å². The summed E-state index contributed by atoms with van der Waals surface area (Å²) in [6, 6.07) is 4.92. The van der Waals surface area contributed by atoms with Gasteiger partial charge in [0.15, 0.2) is 0 Å². The van der Waals surface area contributed by atoms with Crippen LogP contribution in [-0.2, 0) is 14.8 Å². The Hall–Kier alpha value is -1.51. The predicted molar refractivity (Wildman–Crippen MR) is 81.2 cm³/mol. The summed E-state index contributed by atoms with van der Waals surface area (Å²) in [6.07, 6.45) is 1.01. The molecule has 1 amide bonds. The Morgan fingerprint density at radius 1 is 1.50 bits per heavy atom. The second kappa shape index (κ2) is 6.72. The van der Waals surface area contributed by atoms with Crippen molar-refractivity contribution < 1.29 is 17.6 Å². The number of halogens is 1. The van der Waals surface area contributed by atoms with E-state index in [1.54, 1.807) is 17.0 Å². The average Bonchev–Trinajstić information content (AvgIpc) is 2.44. The van der Waals surface area contributed by atoms with E-state index in [0.29, 0.717) is 25.2 Å². The number of nitrogens with one attached hydrogen (secondary N) is 2. The summed E-state index contributed by atoms with van der Waals surface area (Å²) in [6.45, 7) is 3.06. The zero-order chi connectivity index (χ0) is 16.3. The smallest absolute Gasteiger partial charge is 0.241 e. The van der Waals surface area contributed by atoms with Crippen molar-refractivity contribution in [3.63, 3.8) is 0 Å². The second-order valence-electron chi connectivity index (χ2n) is 5.42. The van der Waals surface area contributed by atoms with Gasteiger partial charge in [-0.25, -0.2) is 17.5 Å². The van der Waals surface area contributed by atoms with Crippen LogP contribution >= 0.6 is 0 Å². The molecule has 122 valence electrons. The van der Waals surface area contributed by atoms with E-state index in [2.05, 4.69) is 10.0 Å². The number of piperazine rings is 1. The van der Waals surface area contributed by atoms with Crippen molar-refractivity contribution in [2.45, 2.75) is 19.0 Å². The molecule has 22 heavy (non-hydrogen) atoms. The first-order valence-corrected chi connectivity index (χ1v) is 8.91. The van der Waals surface area contributed by atoms with Crippen molar-refractivity contribution in [1.29, 1.82) is 0 Å². The summed E-state index contributed by atoms with van der Waals surface area (Å²) in [5.41, 5.74) is 0.687. The maximum absolute atomic E-state index is 13.4. The molecule has 2 atom stereocenters. The van der Waals surface area contributed by atoms with Crippen LogP contribution in [0.15, 0.2) is 24.3 Å². The van der Waals surface area contributed by atoms with Gasteiger partial charge < -0.3 is 10.2 Å². The van der Waals surface area contributed by atoms with E-state index >= 15 is 0 Å². The highest BCUT2D eigenvalue weighted by molar-refractivity contribution is 7.88. The largest absolute Gasteiger partial charge is 0.332 e. The van der Waals surface area contributed by atoms with Gasteiger partial charge in [0.2, 0.25) is 15.9 Å². The lowest BCUT2D eigenvalue weighted by Gasteiger charge is -2.38. The molecule has 1 saturated heterocycles. The fourth-order valence-electron chi connectivity index (χ4n) is 2.60. The average molecular weight is 329 g/mol. The number of rotatable bonds is 4. The van der Waals surface area contributed by atoms with Crippen molar-refractivity contribution in [2.24, 2.45) is 0 Å². The molecule has 6 nitrogen and oxygen atoms in total. The van der Waals surface area contributed by atoms with E-state index in [4.69, 9.17) is 0 Å². The lowest BCUT2D eigenvalue weighted by Crippen LogP contribution is -2.54. The fourth-order valence-corrected chi connectivity index (χ4v) is 3.34. The van der Waals surface area contributed by atoms with Gasteiger partial charge in [-0.15, -0.1) is 0 Å². The molecule has 0 aromatic heterocycles. The van der Waals surface area contributed by atoms with Crippen LogP contribution in [0, 0.1) is 5.82 Å². The number of sulfonamides is 1. The summed E-state index contributed by atoms with van der Waals surface area (Å²) in [7, 11) is -3.47. The number of benzene rings is 1. The van der Waals surface area contributed by atoms with Crippen LogP contribution in [0.1, 0.15) is 18.5 Å². The fraction of sp³-hybridized carbons (Fsp3) is 0.500. The first-order valence-electron chi connectivity index (χ1n) is 7.02. The molecule has 0 saturated carbocycles. The van der Waals surface area contributed by atoms with Crippen LogP contribution < -0.4 is 10.0 Å². The standard InChI is InChI=1S/C14H20FN3O3S/c1-10(17-22(2,20)21)14(19)18-7-6-16-9-13(18)11-4-3-5-12(15)8-11/h3-5,8,10,13,16-17H,6-7,9H2,1-2H3. The molecule has 1 fully saturated rings. The molecule has 1 aliphatic rings. The van der Waals surface area contributed by atoms with E-state index in [1.165, 1.54) is 19.1 Å². The maximum atomic E-state index is 13.4. The Morgan fingerprint density at radius 3 is 2.86 bits per heavy atom.